The lowest BCUT2D eigenvalue weighted by atomic mass is 10.1. The van der Waals surface area contributed by atoms with Gasteiger partial charge >= 0.3 is 0 Å². The maximum absolute atomic E-state index is 4.67. The van der Waals surface area contributed by atoms with E-state index in [2.05, 4.69) is 48.4 Å². The second kappa shape index (κ2) is 7.55. The summed E-state index contributed by atoms with van der Waals surface area (Å²) in [6, 6.07) is 2.52. The number of fused-ring (bicyclic) bond motifs is 1. The van der Waals surface area contributed by atoms with E-state index in [0.717, 1.165) is 23.6 Å². The van der Waals surface area contributed by atoms with Gasteiger partial charge in [0.05, 0.1) is 11.7 Å². The molecule has 4 heteroatoms. The summed E-state index contributed by atoms with van der Waals surface area (Å²) in [7, 11) is 0. The molecule has 0 bridgehead atoms. The van der Waals surface area contributed by atoms with Crippen molar-refractivity contribution in [3.05, 3.63) is 29.2 Å². The van der Waals surface area contributed by atoms with Gasteiger partial charge in [-0.15, -0.1) is 0 Å². The fourth-order valence-corrected chi connectivity index (χ4v) is 2.57. The highest BCUT2D eigenvalue weighted by atomic mass is 15.3. The molecular weight excluding hydrogens is 260 g/mol. The molecule has 0 radical (unpaired) electrons. The van der Waals surface area contributed by atoms with E-state index >= 15 is 0 Å². The minimum Gasteiger partial charge on any atom is -0.309 e. The van der Waals surface area contributed by atoms with Crippen LogP contribution in [0.25, 0.3) is 5.65 Å². The summed E-state index contributed by atoms with van der Waals surface area (Å²) in [5, 5.41) is 8.26. The molecule has 0 aromatic carbocycles. The first-order chi connectivity index (χ1) is 10.2. The topological polar surface area (TPSA) is 42.2 Å². The summed E-state index contributed by atoms with van der Waals surface area (Å²) in [6.07, 6.45) is 8.39. The van der Waals surface area contributed by atoms with Crippen LogP contribution < -0.4 is 5.32 Å². The Kier molecular flexibility index (Phi) is 5.74. The van der Waals surface area contributed by atoms with Crippen LogP contribution in [0.1, 0.15) is 70.4 Å². The number of rotatable bonds is 1. The summed E-state index contributed by atoms with van der Waals surface area (Å²) in [5.74, 6) is 0. The maximum atomic E-state index is 4.67. The standard InChI is InChI=1S/C14H20N4.C3H8.H2/c1-10-9-18-14(16-11(10)2)8-13(17-18)12-6-4-3-5-7-15-12;1-3-2;/h8-9,12,15H,3-7H2,1-2H3;3H2,1-2H3;1H. The van der Waals surface area contributed by atoms with Crippen LogP contribution in [0.15, 0.2) is 12.3 Å². The predicted molar refractivity (Wildman–Crippen MR) is 89.8 cm³/mol. The molecule has 2 aromatic heterocycles. The largest absolute Gasteiger partial charge is 0.309 e. The molecule has 118 valence electrons. The first kappa shape index (κ1) is 16.0. The van der Waals surface area contributed by atoms with Crippen molar-refractivity contribution in [1.29, 1.82) is 0 Å². The van der Waals surface area contributed by atoms with Gasteiger partial charge in [-0.2, -0.15) is 5.10 Å². The highest BCUT2D eigenvalue weighted by molar-refractivity contribution is 5.42. The van der Waals surface area contributed by atoms with Gasteiger partial charge in [-0.25, -0.2) is 9.50 Å². The SMILES string of the molecule is CCC.Cc1cn2nc(C3CCCCCN3)cc2nc1C.[HH]. The Morgan fingerprint density at radius 3 is 2.81 bits per heavy atom. The number of nitrogens with one attached hydrogen (secondary N) is 1. The van der Waals surface area contributed by atoms with Crippen molar-refractivity contribution in [3.63, 3.8) is 0 Å². The summed E-state index contributed by atoms with van der Waals surface area (Å²) in [5.41, 5.74) is 4.36. The minimum absolute atomic E-state index is 0. The molecule has 3 rings (SSSR count). The molecule has 1 unspecified atom stereocenters. The highest BCUT2D eigenvalue weighted by Gasteiger charge is 2.17. The minimum atomic E-state index is 0. The average molecular weight is 290 g/mol. The van der Waals surface area contributed by atoms with E-state index in [9.17, 15) is 0 Å². The molecule has 0 amide bonds. The molecule has 0 aliphatic carbocycles. The molecule has 3 heterocycles. The van der Waals surface area contributed by atoms with Gasteiger partial charge < -0.3 is 5.32 Å². The van der Waals surface area contributed by atoms with Crippen molar-refractivity contribution in [2.75, 3.05) is 6.54 Å². The number of hydrogen-bond acceptors (Lipinski definition) is 3. The Bertz CT molecular complexity index is 532. The summed E-state index contributed by atoms with van der Waals surface area (Å²) < 4.78 is 1.91. The molecule has 2 aromatic rings. The molecule has 1 N–H and O–H groups in total. The van der Waals surface area contributed by atoms with E-state index in [1.807, 2.05) is 11.4 Å². The predicted octanol–water partition coefficient (Wildman–Crippen LogP) is 4.21. The van der Waals surface area contributed by atoms with Crippen molar-refractivity contribution in [2.24, 2.45) is 0 Å². The summed E-state index contributed by atoms with van der Waals surface area (Å²) >= 11 is 0. The van der Waals surface area contributed by atoms with Crippen LogP contribution in [0.5, 0.6) is 0 Å². The zero-order valence-corrected chi connectivity index (χ0v) is 13.8. The molecule has 0 spiro atoms. The Balaban J connectivity index is 0.000000562. The van der Waals surface area contributed by atoms with Gasteiger partial charge in [-0.3, -0.25) is 0 Å². The summed E-state index contributed by atoms with van der Waals surface area (Å²) in [4.78, 5) is 4.59. The molecule has 1 atom stereocenters. The van der Waals surface area contributed by atoms with Crippen molar-refractivity contribution in [1.82, 2.24) is 19.9 Å². The fraction of sp³-hybridized carbons (Fsp3) is 0.647. The lowest BCUT2D eigenvalue weighted by Gasteiger charge is -2.11. The fourth-order valence-electron chi connectivity index (χ4n) is 2.57. The normalized spacial score (nSPS) is 19.0. The number of hydrogen-bond donors (Lipinski definition) is 1. The van der Waals surface area contributed by atoms with Crippen LogP contribution in [0.3, 0.4) is 0 Å². The van der Waals surface area contributed by atoms with Gasteiger partial charge in [0.2, 0.25) is 0 Å². The Labute approximate surface area is 129 Å². The van der Waals surface area contributed by atoms with E-state index in [-0.39, 0.29) is 1.43 Å². The Morgan fingerprint density at radius 2 is 2.05 bits per heavy atom. The molecule has 1 saturated heterocycles. The summed E-state index contributed by atoms with van der Waals surface area (Å²) in [6.45, 7) is 9.48. The molecular formula is C17H30N4. The third-order valence-electron chi connectivity index (χ3n) is 3.82. The van der Waals surface area contributed by atoms with Crippen molar-refractivity contribution in [2.45, 2.75) is 65.8 Å². The Morgan fingerprint density at radius 1 is 1.29 bits per heavy atom. The molecule has 0 saturated carbocycles. The third kappa shape index (κ3) is 4.03. The molecule has 1 aliphatic rings. The lowest BCUT2D eigenvalue weighted by molar-refractivity contribution is 0.519. The van der Waals surface area contributed by atoms with E-state index in [1.54, 1.807) is 0 Å². The van der Waals surface area contributed by atoms with Crippen LogP contribution in [-0.4, -0.2) is 21.1 Å². The second-order valence-corrected chi connectivity index (χ2v) is 5.94. The lowest BCUT2D eigenvalue weighted by Crippen LogP contribution is -2.20. The smallest absolute Gasteiger partial charge is 0.155 e. The van der Waals surface area contributed by atoms with E-state index < -0.39 is 0 Å². The monoisotopic (exact) mass is 290 g/mol. The van der Waals surface area contributed by atoms with E-state index in [0.29, 0.717) is 6.04 Å². The van der Waals surface area contributed by atoms with Crippen LogP contribution in [-0.2, 0) is 0 Å². The number of aryl methyl sites for hydroxylation is 2. The number of nitrogens with zero attached hydrogens (tertiary/aromatic N) is 3. The van der Waals surface area contributed by atoms with E-state index in [1.165, 1.54) is 37.7 Å². The Hall–Kier alpha value is -1.42. The first-order valence-corrected chi connectivity index (χ1v) is 8.22. The first-order valence-electron chi connectivity index (χ1n) is 8.22. The molecule has 21 heavy (non-hydrogen) atoms. The van der Waals surface area contributed by atoms with Crippen LogP contribution in [0.2, 0.25) is 0 Å². The number of aromatic nitrogens is 3. The third-order valence-corrected chi connectivity index (χ3v) is 3.82. The molecule has 4 nitrogen and oxygen atoms in total. The maximum Gasteiger partial charge on any atom is 0.155 e. The van der Waals surface area contributed by atoms with Gasteiger partial charge in [0, 0.05) is 19.4 Å². The average Bonchev–Trinajstić information content (AvgIpc) is 2.69. The van der Waals surface area contributed by atoms with Crippen molar-refractivity contribution >= 4 is 5.65 Å². The van der Waals surface area contributed by atoms with Gasteiger partial charge in [0.15, 0.2) is 5.65 Å². The molecule has 1 aliphatic heterocycles. The van der Waals surface area contributed by atoms with Gasteiger partial charge in [0.1, 0.15) is 0 Å². The van der Waals surface area contributed by atoms with Gasteiger partial charge in [-0.05, 0) is 38.8 Å². The van der Waals surface area contributed by atoms with Crippen LogP contribution >= 0.6 is 0 Å². The van der Waals surface area contributed by atoms with Gasteiger partial charge in [0.25, 0.3) is 0 Å². The highest BCUT2D eigenvalue weighted by Crippen LogP contribution is 2.22. The van der Waals surface area contributed by atoms with Crippen LogP contribution in [0, 0.1) is 13.8 Å². The zero-order valence-electron chi connectivity index (χ0n) is 13.8. The van der Waals surface area contributed by atoms with Crippen molar-refractivity contribution in [3.8, 4) is 0 Å². The van der Waals surface area contributed by atoms with Crippen molar-refractivity contribution < 1.29 is 1.43 Å². The second-order valence-electron chi connectivity index (χ2n) is 5.94. The molecule has 1 fully saturated rings. The zero-order chi connectivity index (χ0) is 15.2. The quantitative estimate of drug-likeness (QED) is 0.855. The van der Waals surface area contributed by atoms with Crippen LogP contribution in [0.4, 0.5) is 0 Å². The van der Waals surface area contributed by atoms with E-state index in [4.69, 9.17) is 0 Å². The van der Waals surface area contributed by atoms with Gasteiger partial charge in [-0.1, -0.05) is 33.1 Å².